The van der Waals surface area contributed by atoms with E-state index in [-0.39, 0.29) is 34.8 Å². The molecule has 1 aliphatic rings. The zero-order chi connectivity index (χ0) is 20.8. The molecule has 3 rings (SSSR count). The van der Waals surface area contributed by atoms with E-state index in [2.05, 4.69) is 10.1 Å². The molecule has 2 aromatic rings. The molecular formula is C21H22F2N2O4. The summed E-state index contributed by atoms with van der Waals surface area (Å²) in [5, 5.41) is 2.88. The first-order valence-electron chi connectivity index (χ1n) is 9.26. The smallest absolute Gasteiger partial charge is 0.387 e. The molecule has 1 aliphatic heterocycles. The van der Waals surface area contributed by atoms with Gasteiger partial charge in [0.2, 0.25) is 5.91 Å². The number of amides is 2. The Morgan fingerprint density at radius 2 is 1.76 bits per heavy atom. The third-order valence-electron chi connectivity index (χ3n) is 4.82. The summed E-state index contributed by atoms with van der Waals surface area (Å²) in [6, 6.07) is 13.4. The molecule has 154 valence electrons. The summed E-state index contributed by atoms with van der Waals surface area (Å²) in [5.41, 5.74) is 0.967. The third-order valence-corrected chi connectivity index (χ3v) is 4.82. The molecule has 2 aromatic carbocycles. The average molecular weight is 404 g/mol. The van der Waals surface area contributed by atoms with Crippen LogP contribution in [0.1, 0.15) is 23.2 Å². The lowest BCUT2D eigenvalue weighted by Crippen LogP contribution is -2.41. The summed E-state index contributed by atoms with van der Waals surface area (Å²) in [6.45, 7) is -2.21. The number of nitrogens with zero attached hydrogens (tertiary/aromatic N) is 1. The maximum absolute atomic E-state index is 12.7. The number of likely N-dealkylation sites (tertiary alicyclic amines) is 1. The van der Waals surface area contributed by atoms with Gasteiger partial charge in [0.05, 0.1) is 7.11 Å². The highest BCUT2D eigenvalue weighted by Gasteiger charge is 2.28. The van der Waals surface area contributed by atoms with Gasteiger partial charge >= 0.3 is 6.61 Å². The number of carbonyl (C=O) groups is 2. The molecule has 2 amide bonds. The van der Waals surface area contributed by atoms with Gasteiger partial charge in [0.15, 0.2) is 11.5 Å². The normalized spacial score (nSPS) is 14.6. The van der Waals surface area contributed by atoms with Gasteiger partial charge in [0.25, 0.3) is 5.91 Å². The minimum absolute atomic E-state index is 0.0691. The Morgan fingerprint density at radius 3 is 2.38 bits per heavy atom. The van der Waals surface area contributed by atoms with E-state index < -0.39 is 6.61 Å². The second kappa shape index (κ2) is 9.36. The minimum atomic E-state index is -3.02. The summed E-state index contributed by atoms with van der Waals surface area (Å²) in [6.07, 6.45) is 1.06. The first-order valence-corrected chi connectivity index (χ1v) is 9.26. The highest BCUT2D eigenvalue weighted by atomic mass is 19.3. The van der Waals surface area contributed by atoms with Crippen molar-refractivity contribution < 1.29 is 27.8 Å². The molecule has 6 nitrogen and oxygen atoms in total. The Labute approximate surface area is 167 Å². The van der Waals surface area contributed by atoms with Crippen LogP contribution in [0.2, 0.25) is 0 Å². The summed E-state index contributed by atoms with van der Waals surface area (Å²) in [4.78, 5) is 26.8. The molecule has 8 heteroatoms. The molecule has 1 saturated heterocycles. The van der Waals surface area contributed by atoms with E-state index in [1.807, 2.05) is 30.3 Å². The monoisotopic (exact) mass is 404 g/mol. The topological polar surface area (TPSA) is 67.9 Å². The third kappa shape index (κ3) is 5.22. The van der Waals surface area contributed by atoms with E-state index in [1.54, 1.807) is 4.90 Å². The molecule has 0 saturated carbocycles. The molecule has 0 bridgehead atoms. The molecule has 0 spiro atoms. The first-order chi connectivity index (χ1) is 14.0. The Kier molecular flexibility index (Phi) is 6.64. The van der Waals surface area contributed by atoms with Gasteiger partial charge in [0, 0.05) is 30.3 Å². The number of ether oxygens (including phenoxy) is 2. The van der Waals surface area contributed by atoms with E-state index >= 15 is 0 Å². The van der Waals surface area contributed by atoms with Crippen LogP contribution in [0, 0.1) is 5.92 Å². The minimum Gasteiger partial charge on any atom is -0.493 e. The number of alkyl halides is 2. The molecule has 1 heterocycles. The lowest BCUT2D eigenvalue weighted by molar-refractivity contribution is -0.121. The van der Waals surface area contributed by atoms with E-state index in [1.165, 1.54) is 25.3 Å². The van der Waals surface area contributed by atoms with Crippen molar-refractivity contribution in [2.24, 2.45) is 5.92 Å². The molecule has 1 N–H and O–H groups in total. The van der Waals surface area contributed by atoms with Crippen LogP contribution < -0.4 is 14.8 Å². The lowest BCUT2D eigenvalue weighted by Gasteiger charge is -2.31. The zero-order valence-electron chi connectivity index (χ0n) is 15.9. The van der Waals surface area contributed by atoms with Crippen LogP contribution in [0.4, 0.5) is 14.5 Å². The Balaban J connectivity index is 1.60. The van der Waals surface area contributed by atoms with Crippen LogP contribution in [-0.4, -0.2) is 43.5 Å². The predicted molar refractivity (Wildman–Crippen MR) is 103 cm³/mol. The van der Waals surface area contributed by atoms with E-state index in [4.69, 9.17) is 4.74 Å². The molecule has 0 aromatic heterocycles. The van der Waals surface area contributed by atoms with Crippen molar-refractivity contribution in [1.29, 1.82) is 0 Å². The van der Waals surface area contributed by atoms with Crippen LogP contribution in [0.15, 0.2) is 48.5 Å². The molecular weight excluding hydrogens is 382 g/mol. The van der Waals surface area contributed by atoms with E-state index in [0.29, 0.717) is 25.9 Å². The number of piperidine rings is 1. The standard InChI is InChI=1S/C21H22F2N2O4/c1-28-17-8-7-15(13-18(17)29-21(22)23)20(27)25-11-9-14(10-12-25)19(26)24-16-5-3-2-4-6-16/h2-8,13-14,21H,9-12H2,1H3,(H,24,26). The van der Waals surface area contributed by atoms with Crippen LogP contribution in [-0.2, 0) is 4.79 Å². The summed E-state index contributed by atoms with van der Waals surface area (Å²) in [5.74, 6) is -0.620. The SMILES string of the molecule is COc1ccc(C(=O)N2CCC(C(=O)Nc3ccccc3)CC2)cc1OC(F)F. The molecule has 29 heavy (non-hydrogen) atoms. The lowest BCUT2D eigenvalue weighted by atomic mass is 9.95. The number of anilines is 1. The highest BCUT2D eigenvalue weighted by Crippen LogP contribution is 2.30. The number of halogens is 2. The Hall–Kier alpha value is -3.16. The number of nitrogens with one attached hydrogen (secondary N) is 1. The average Bonchev–Trinajstić information content (AvgIpc) is 2.73. The van der Waals surface area contributed by atoms with Crippen molar-refractivity contribution in [2.75, 3.05) is 25.5 Å². The Bertz CT molecular complexity index is 853. The number of carbonyl (C=O) groups excluding carboxylic acids is 2. The zero-order valence-corrected chi connectivity index (χ0v) is 15.9. The largest absolute Gasteiger partial charge is 0.493 e. The quantitative estimate of drug-likeness (QED) is 0.796. The summed E-state index contributed by atoms with van der Waals surface area (Å²) >= 11 is 0. The van der Waals surface area contributed by atoms with Crippen molar-refractivity contribution in [3.05, 3.63) is 54.1 Å². The molecule has 0 aliphatic carbocycles. The number of para-hydroxylation sites is 1. The van der Waals surface area contributed by atoms with Crippen LogP contribution in [0.5, 0.6) is 11.5 Å². The van der Waals surface area contributed by atoms with Gasteiger partial charge in [-0.25, -0.2) is 0 Å². The number of rotatable bonds is 6. The van der Waals surface area contributed by atoms with Crippen molar-refractivity contribution >= 4 is 17.5 Å². The van der Waals surface area contributed by atoms with Gasteiger partial charge in [-0.1, -0.05) is 18.2 Å². The van der Waals surface area contributed by atoms with Crippen LogP contribution >= 0.6 is 0 Å². The van der Waals surface area contributed by atoms with Crippen LogP contribution in [0.3, 0.4) is 0 Å². The molecule has 1 fully saturated rings. The molecule has 0 atom stereocenters. The fraction of sp³-hybridized carbons (Fsp3) is 0.333. The van der Waals surface area contributed by atoms with Gasteiger partial charge in [-0.2, -0.15) is 8.78 Å². The first kappa shape index (κ1) is 20.6. The van der Waals surface area contributed by atoms with E-state index in [0.717, 1.165) is 5.69 Å². The van der Waals surface area contributed by atoms with Gasteiger partial charge in [-0.15, -0.1) is 0 Å². The molecule has 0 unspecified atom stereocenters. The number of hydrogen-bond acceptors (Lipinski definition) is 4. The van der Waals surface area contributed by atoms with Crippen LogP contribution in [0.25, 0.3) is 0 Å². The summed E-state index contributed by atoms with van der Waals surface area (Å²) < 4.78 is 34.6. The maximum Gasteiger partial charge on any atom is 0.387 e. The maximum atomic E-state index is 12.7. The van der Waals surface area contributed by atoms with Gasteiger partial charge in [-0.3, -0.25) is 9.59 Å². The second-order valence-electron chi connectivity index (χ2n) is 6.67. The fourth-order valence-electron chi connectivity index (χ4n) is 3.29. The number of hydrogen-bond donors (Lipinski definition) is 1. The Morgan fingerprint density at radius 1 is 1.07 bits per heavy atom. The highest BCUT2D eigenvalue weighted by molar-refractivity contribution is 5.96. The predicted octanol–water partition coefficient (Wildman–Crippen LogP) is 3.79. The summed E-state index contributed by atoms with van der Waals surface area (Å²) in [7, 11) is 1.33. The second-order valence-corrected chi connectivity index (χ2v) is 6.67. The van der Waals surface area contributed by atoms with Gasteiger partial charge in [-0.05, 0) is 43.2 Å². The van der Waals surface area contributed by atoms with E-state index in [9.17, 15) is 18.4 Å². The number of methoxy groups -OCH3 is 1. The van der Waals surface area contributed by atoms with Crippen molar-refractivity contribution in [3.63, 3.8) is 0 Å². The van der Waals surface area contributed by atoms with Crippen molar-refractivity contribution in [2.45, 2.75) is 19.5 Å². The van der Waals surface area contributed by atoms with Gasteiger partial charge in [0.1, 0.15) is 0 Å². The van der Waals surface area contributed by atoms with Gasteiger partial charge < -0.3 is 19.7 Å². The number of benzene rings is 2. The molecule has 0 radical (unpaired) electrons. The van der Waals surface area contributed by atoms with Crippen molar-refractivity contribution in [3.8, 4) is 11.5 Å². The van der Waals surface area contributed by atoms with Crippen molar-refractivity contribution in [1.82, 2.24) is 4.90 Å². The fourth-order valence-corrected chi connectivity index (χ4v) is 3.29.